The lowest BCUT2D eigenvalue weighted by Gasteiger charge is -2.23. The Morgan fingerprint density at radius 3 is 2.71 bits per heavy atom. The maximum absolute atomic E-state index is 8.93. The number of aliphatic hydroxyl groups excluding tert-OH is 1. The zero-order chi connectivity index (χ0) is 11.9. The van der Waals surface area contributed by atoms with E-state index in [-0.39, 0.29) is 6.61 Å². The number of aliphatic hydroxyl groups is 1. The number of hydrogen-bond donors (Lipinski definition) is 2. The first kappa shape index (κ1) is 12.4. The molecule has 0 aliphatic carbocycles. The standard InChI is InChI=1S/C14H21NO2/c16-11-12-4-6-14(7-5-12)17-10-8-13-3-1-2-9-15-13/h4-7,13,15-16H,1-3,8-11H2. The second kappa shape index (κ2) is 6.62. The van der Waals surface area contributed by atoms with Crippen LogP contribution < -0.4 is 10.1 Å². The van der Waals surface area contributed by atoms with Gasteiger partial charge in [0.25, 0.3) is 0 Å². The molecule has 0 spiro atoms. The molecule has 1 unspecified atom stereocenters. The molecule has 0 saturated carbocycles. The predicted molar refractivity (Wildman–Crippen MR) is 68.1 cm³/mol. The molecule has 3 heteroatoms. The molecule has 1 aliphatic rings. The van der Waals surface area contributed by atoms with Crippen molar-refractivity contribution in [3.05, 3.63) is 29.8 Å². The van der Waals surface area contributed by atoms with Gasteiger partial charge in [-0.2, -0.15) is 0 Å². The minimum absolute atomic E-state index is 0.0896. The van der Waals surface area contributed by atoms with Crippen molar-refractivity contribution in [2.45, 2.75) is 38.3 Å². The number of ether oxygens (including phenoxy) is 1. The van der Waals surface area contributed by atoms with E-state index in [1.165, 1.54) is 19.3 Å². The van der Waals surface area contributed by atoms with Crippen LogP contribution in [-0.2, 0) is 6.61 Å². The summed E-state index contributed by atoms with van der Waals surface area (Å²) in [6.45, 7) is 2.00. The average molecular weight is 235 g/mol. The molecule has 1 fully saturated rings. The summed E-state index contributed by atoms with van der Waals surface area (Å²) in [4.78, 5) is 0. The van der Waals surface area contributed by atoms with Gasteiger partial charge < -0.3 is 15.2 Å². The molecule has 1 aliphatic heterocycles. The highest BCUT2D eigenvalue weighted by Crippen LogP contribution is 2.14. The average Bonchev–Trinajstić information content (AvgIpc) is 2.41. The molecule has 3 nitrogen and oxygen atoms in total. The SMILES string of the molecule is OCc1ccc(OCCC2CCCCN2)cc1. The minimum Gasteiger partial charge on any atom is -0.494 e. The fraction of sp³-hybridized carbons (Fsp3) is 0.571. The highest BCUT2D eigenvalue weighted by Gasteiger charge is 2.11. The zero-order valence-electron chi connectivity index (χ0n) is 10.2. The fourth-order valence-electron chi connectivity index (χ4n) is 2.18. The number of rotatable bonds is 5. The Kier molecular flexibility index (Phi) is 4.83. The first-order valence-corrected chi connectivity index (χ1v) is 6.44. The summed E-state index contributed by atoms with van der Waals surface area (Å²) in [5.74, 6) is 0.887. The molecule has 0 bridgehead atoms. The summed E-state index contributed by atoms with van der Waals surface area (Å²) < 4.78 is 5.69. The topological polar surface area (TPSA) is 41.5 Å². The molecule has 1 heterocycles. The van der Waals surface area contributed by atoms with Gasteiger partial charge in [0.15, 0.2) is 0 Å². The summed E-state index contributed by atoms with van der Waals surface area (Å²) in [5.41, 5.74) is 0.922. The van der Waals surface area contributed by atoms with Gasteiger partial charge in [0.2, 0.25) is 0 Å². The monoisotopic (exact) mass is 235 g/mol. The third kappa shape index (κ3) is 4.02. The first-order chi connectivity index (χ1) is 8.38. The molecule has 94 valence electrons. The molecule has 1 aromatic rings. The van der Waals surface area contributed by atoms with Crippen LogP contribution in [0, 0.1) is 0 Å². The van der Waals surface area contributed by atoms with Crippen molar-refractivity contribution < 1.29 is 9.84 Å². The van der Waals surface area contributed by atoms with Crippen LogP contribution in [0.4, 0.5) is 0 Å². The minimum atomic E-state index is 0.0896. The molecule has 2 rings (SSSR count). The molecule has 0 amide bonds. The molecule has 1 saturated heterocycles. The van der Waals surface area contributed by atoms with Crippen molar-refractivity contribution in [1.29, 1.82) is 0 Å². The van der Waals surface area contributed by atoms with E-state index < -0.39 is 0 Å². The molecule has 0 radical (unpaired) electrons. The summed E-state index contributed by atoms with van der Waals surface area (Å²) in [6, 6.07) is 8.25. The maximum Gasteiger partial charge on any atom is 0.119 e. The summed E-state index contributed by atoms with van der Waals surface area (Å²) in [5, 5.41) is 12.4. The highest BCUT2D eigenvalue weighted by atomic mass is 16.5. The molecule has 1 atom stereocenters. The Bertz CT molecular complexity index is 317. The fourth-order valence-corrected chi connectivity index (χ4v) is 2.18. The Morgan fingerprint density at radius 2 is 2.06 bits per heavy atom. The van der Waals surface area contributed by atoms with E-state index in [2.05, 4.69) is 5.32 Å². The van der Waals surface area contributed by atoms with Gasteiger partial charge in [-0.3, -0.25) is 0 Å². The molecule has 0 aromatic heterocycles. The number of benzene rings is 1. The van der Waals surface area contributed by atoms with Crippen molar-refractivity contribution in [1.82, 2.24) is 5.32 Å². The summed E-state index contributed by atoms with van der Waals surface area (Å²) in [6.07, 6.45) is 4.98. The van der Waals surface area contributed by atoms with Gasteiger partial charge in [-0.1, -0.05) is 18.6 Å². The normalized spacial score (nSPS) is 20.2. The number of piperidine rings is 1. The van der Waals surface area contributed by atoms with E-state index in [4.69, 9.17) is 9.84 Å². The van der Waals surface area contributed by atoms with E-state index >= 15 is 0 Å². The van der Waals surface area contributed by atoms with Crippen LogP contribution in [0.25, 0.3) is 0 Å². The van der Waals surface area contributed by atoms with E-state index in [1.807, 2.05) is 24.3 Å². The third-order valence-corrected chi connectivity index (χ3v) is 3.25. The molecule has 2 N–H and O–H groups in total. The Morgan fingerprint density at radius 1 is 1.24 bits per heavy atom. The van der Waals surface area contributed by atoms with Crippen molar-refractivity contribution in [2.24, 2.45) is 0 Å². The predicted octanol–water partition coefficient (Wildman–Crippen LogP) is 2.09. The smallest absolute Gasteiger partial charge is 0.119 e. The van der Waals surface area contributed by atoms with E-state index in [0.717, 1.165) is 30.9 Å². The van der Waals surface area contributed by atoms with Gasteiger partial charge in [-0.15, -0.1) is 0 Å². The van der Waals surface area contributed by atoms with Crippen LogP contribution in [0.15, 0.2) is 24.3 Å². The second-order valence-corrected chi connectivity index (χ2v) is 4.59. The number of hydrogen-bond acceptors (Lipinski definition) is 3. The highest BCUT2D eigenvalue weighted by molar-refractivity contribution is 5.26. The zero-order valence-corrected chi connectivity index (χ0v) is 10.2. The first-order valence-electron chi connectivity index (χ1n) is 6.44. The summed E-state index contributed by atoms with van der Waals surface area (Å²) in [7, 11) is 0. The van der Waals surface area contributed by atoms with Crippen LogP contribution in [-0.4, -0.2) is 24.3 Å². The second-order valence-electron chi connectivity index (χ2n) is 4.59. The van der Waals surface area contributed by atoms with Gasteiger partial charge in [0.1, 0.15) is 5.75 Å². The quantitative estimate of drug-likeness (QED) is 0.821. The molecular formula is C14H21NO2. The lowest BCUT2D eigenvalue weighted by molar-refractivity contribution is 0.267. The van der Waals surface area contributed by atoms with Crippen LogP contribution in [0.5, 0.6) is 5.75 Å². The number of nitrogens with one attached hydrogen (secondary N) is 1. The van der Waals surface area contributed by atoms with Crippen LogP contribution in [0.1, 0.15) is 31.2 Å². The Hall–Kier alpha value is -1.06. The van der Waals surface area contributed by atoms with Crippen molar-refractivity contribution in [2.75, 3.05) is 13.2 Å². The third-order valence-electron chi connectivity index (χ3n) is 3.25. The lowest BCUT2D eigenvalue weighted by Crippen LogP contribution is -2.35. The van der Waals surface area contributed by atoms with Crippen LogP contribution >= 0.6 is 0 Å². The summed E-state index contributed by atoms with van der Waals surface area (Å²) >= 11 is 0. The van der Waals surface area contributed by atoms with Crippen LogP contribution in [0.2, 0.25) is 0 Å². The van der Waals surface area contributed by atoms with Crippen molar-refractivity contribution >= 4 is 0 Å². The molecule has 17 heavy (non-hydrogen) atoms. The van der Waals surface area contributed by atoms with Gasteiger partial charge >= 0.3 is 0 Å². The molecule has 1 aromatic carbocycles. The van der Waals surface area contributed by atoms with Crippen molar-refractivity contribution in [3.63, 3.8) is 0 Å². The van der Waals surface area contributed by atoms with Gasteiger partial charge in [0.05, 0.1) is 13.2 Å². The molecular weight excluding hydrogens is 214 g/mol. The van der Waals surface area contributed by atoms with Gasteiger partial charge in [-0.25, -0.2) is 0 Å². The van der Waals surface area contributed by atoms with Crippen molar-refractivity contribution in [3.8, 4) is 5.75 Å². The van der Waals surface area contributed by atoms with E-state index in [0.29, 0.717) is 6.04 Å². The Balaban J connectivity index is 1.69. The van der Waals surface area contributed by atoms with Gasteiger partial charge in [0, 0.05) is 6.04 Å². The van der Waals surface area contributed by atoms with Crippen LogP contribution in [0.3, 0.4) is 0 Å². The lowest BCUT2D eigenvalue weighted by atomic mass is 10.0. The van der Waals surface area contributed by atoms with Gasteiger partial charge in [-0.05, 0) is 43.5 Å². The Labute approximate surface area is 103 Å². The van der Waals surface area contributed by atoms with E-state index in [1.54, 1.807) is 0 Å². The largest absolute Gasteiger partial charge is 0.494 e. The maximum atomic E-state index is 8.93. The van der Waals surface area contributed by atoms with E-state index in [9.17, 15) is 0 Å².